The number of carbonyl (C=O) groups is 7. The van der Waals surface area contributed by atoms with Crippen molar-refractivity contribution in [1.29, 1.82) is 0 Å². The van der Waals surface area contributed by atoms with Crippen LogP contribution < -0.4 is 24.3 Å². The normalized spacial score (nSPS) is 10.7. The number of pyridine rings is 1. The number of aryl methyl sites for hydroxylation is 1. The molecule has 1 aliphatic carbocycles. The monoisotopic (exact) mass is 1590 g/mol. The third-order valence-electron chi connectivity index (χ3n) is 18.3. The largest absolute Gasteiger partial charge is 0.463 e. The van der Waals surface area contributed by atoms with Crippen molar-refractivity contribution in [3.63, 3.8) is 0 Å². The lowest BCUT2D eigenvalue weighted by Crippen LogP contribution is -2.09. The lowest BCUT2D eigenvalue weighted by atomic mass is 9.90. The van der Waals surface area contributed by atoms with Crippen LogP contribution in [-0.2, 0) is 62.3 Å². The number of nitrogens with zero attached hydrogens (tertiary/aromatic N) is 4. The van der Waals surface area contributed by atoms with Crippen LogP contribution in [0.15, 0.2) is 343 Å². The molecular formula is C99H82N6O13S. The van der Waals surface area contributed by atoms with Gasteiger partial charge in [0, 0.05) is 75.1 Å². The fourth-order valence-electron chi connectivity index (χ4n) is 12.6. The predicted molar refractivity (Wildman–Crippen MR) is 476 cm³/mol. The molecule has 0 aliphatic heterocycles. The van der Waals surface area contributed by atoms with E-state index in [-0.39, 0.29) is 11.9 Å². The number of aromatic amines is 1. The molecule has 16 aromatic rings. The number of hydrogen-bond donors (Lipinski definition) is 2. The maximum Gasteiger partial charge on any atom is 0.338 e. The summed E-state index contributed by atoms with van der Waals surface area (Å²) in [5.74, 6) is -0.0691. The van der Waals surface area contributed by atoms with E-state index in [0.717, 1.165) is 97.4 Å². The number of fused-ring (bicyclic) bond motifs is 8. The Balaban J connectivity index is 0.000000137. The van der Waals surface area contributed by atoms with E-state index in [0.29, 0.717) is 65.2 Å². The average molecular weight is 1600 g/mol. The van der Waals surface area contributed by atoms with Gasteiger partial charge in [0.05, 0.1) is 19.5 Å². The summed E-state index contributed by atoms with van der Waals surface area (Å²) >= 11 is 1.62. The summed E-state index contributed by atoms with van der Waals surface area (Å²) in [6, 6.07) is 74.3. The fraction of sp³-hybridized carbons (Fsp3) is 0.0808. The highest BCUT2D eigenvalue weighted by molar-refractivity contribution is 7.17. The van der Waals surface area contributed by atoms with Crippen molar-refractivity contribution in [2.24, 2.45) is 0 Å². The van der Waals surface area contributed by atoms with E-state index < -0.39 is 29.8 Å². The number of rotatable bonds is 20. The Morgan fingerprint density at radius 3 is 1.76 bits per heavy atom. The Kier molecular flexibility index (Phi) is 29.9. The molecule has 17 rings (SSSR count). The van der Waals surface area contributed by atoms with Crippen molar-refractivity contribution < 1.29 is 62.0 Å². The van der Waals surface area contributed by atoms with Gasteiger partial charge >= 0.3 is 35.8 Å². The predicted octanol–water partition coefficient (Wildman–Crippen LogP) is 21.4. The summed E-state index contributed by atoms with van der Waals surface area (Å²) in [6.45, 7) is 26.2. The topological polar surface area (TPSA) is 254 Å². The van der Waals surface area contributed by atoms with Gasteiger partial charge in [0.1, 0.15) is 34.8 Å². The molecule has 1 aliphatic rings. The molecule has 0 bridgehead atoms. The highest BCUT2D eigenvalue weighted by atomic mass is 32.1. The second-order valence-corrected chi connectivity index (χ2v) is 27.3. The number of carbonyl (C=O) groups excluding carboxylic acids is 7. The van der Waals surface area contributed by atoms with Crippen molar-refractivity contribution in [2.45, 2.75) is 39.0 Å². The Hall–Kier alpha value is -15.4. The second kappa shape index (κ2) is 42.1. The van der Waals surface area contributed by atoms with Gasteiger partial charge in [-0.3, -0.25) is 9.78 Å². The number of ether oxygens (including phenoxy) is 6. The molecule has 0 spiro atoms. The van der Waals surface area contributed by atoms with Gasteiger partial charge in [0.15, 0.2) is 11.5 Å². The maximum absolute atomic E-state index is 11.4. The number of H-pyrrole nitrogens is 1. The first kappa shape index (κ1) is 84.5. The van der Waals surface area contributed by atoms with Crippen molar-refractivity contribution in [2.75, 3.05) is 18.5 Å². The zero-order valence-electron chi connectivity index (χ0n) is 65.2. The lowest BCUT2D eigenvalue weighted by molar-refractivity contribution is -0.138. The number of allylic oxidation sites excluding steroid dienone is 1. The van der Waals surface area contributed by atoms with E-state index in [1.807, 2.05) is 145 Å². The molecule has 4 heterocycles. The summed E-state index contributed by atoms with van der Waals surface area (Å²) in [6.07, 6.45) is 20.2. The average Bonchev–Trinajstić information content (AvgIpc) is 1.12. The van der Waals surface area contributed by atoms with E-state index in [2.05, 4.69) is 155 Å². The number of nitrogens with one attached hydrogen (secondary N) is 2. The minimum atomic E-state index is -0.444. The second-order valence-electron chi connectivity index (χ2n) is 26.3. The van der Waals surface area contributed by atoms with Crippen LogP contribution in [0.25, 0.3) is 103 Å². The summed E-state index contributed by atoms with van der Waals surface area (Å²) < 4.78 is 31.6. The highest BCUT2D eigenvalue weighted by Crippen LogP contribution is 2.38. The Bertz CT molecular complexity index is 6510. The number of amides is 1. The minimum Gasteiger partial charge on any atom is -0.463 e. The molecule has 0 saturated carbocycles. The Morgan fingerprint density at radius 1 is 0.462 bits per heavy atom. The fourth-order valence-corrected chi connectivity index (χ4v) is 13.5. The van der Waals surface area contributed by atoms with E-state index in [4.69, 9.17) is 28.4 Å². The van der Waals surface area contributed by atoms with Gasteiger partial charge in [0.25, 0.3) is 0 Å². The summed E-state index contributed by atoms with van der Waals surface area (Å²) in [4.78, 5) is 96.5. The number of hydrogen-bond acceptors (Lipinski definition) is 18. The van der Waals surface area contributed by atoms with E-state index in [1.165, 1.54) is 85.3 Å². The zero-order valence-corrected chi connectivity index (χ0v) is 66.0. The molecular weight excluding hydrogens is 1510 g/mol. The standard InChI is InChI=1S/C23H20O2.C17H12O2.C14H13NO2.C14H12O2.C12H10O2.C11H8O2S.C8H7N5O/c1-2-21(24)25-14-4-3-7-18-15-19-10-5-8-16-12-13-17-9-6-11-20(18)23(17)22(16)19;1-2-17(18)19-16-9-5-8-14-13-7-4-3-6-12(13)10-11-15(14)16;1-2-14(16)17-8-7-13-9-11-5-3-4-6-12(11)10-15-13;1-10(2)14(15)16-13-9-5-7-11-6-3-4-8-12(11)13;1-2-12(13)14-11-7-6-9-4-3-5-10(9)8-11;1-2-11(12)13-9-4-3-8-5-6-14-10(8)7-9;1-2-5(14)13-8-6-7(10-3-9-6)11-4-12-8/h2,5-6,8-13,15H,1,3-4,7,14H2;2-11H,1H2;2-6,9-10H,1,7-8H2;3-9H,1H2,2H3;2-4,6-8H,1,5H2;2-7H,1H2;2-4H,1H2,(H2,9,10,11,12,13,14). The highest BCUT2D eigenvalue weighted by Gasteiger charge is 2.15. The van der Waals surface area contributed by atoms with Crippen LogP contribution in [0.5, 0.6) is 23.0 Å². The van der Waals surface area contributed by atoms with Crippen LogP contribution >= 0.6 is 11.3 Å². The molecule has 2 N–H and O–H groups in total. The number of anilines is 1. The molecule has 12 aromatic carbocycles. The molecule has 20 heteroatoms. The van der Waals surface area contributed by atoms with Crippen LogP contribution in [0, 0.1) is 0 Å². The number of unbranched alkanes of at least 4 members (excludes halogenated alkanes) is 1. The van der Waals surface area contributed by atoms with Gasteiger partial charge in [-0.25, -0.2) is 43.7 Å². The molecule has 19 nitrogen and oxygen atoms in total. The quantitative estimate of drug-likeness (QED) is 0.0236. The third kappa shape index (κ3) is 23.0. The molecule has 0 unspecified atom stereocenters. The number of aromatic nitrogens is 5. The first-order valence-corrected chi connectivity index (χ1v) is 38.5. The van der Waals surface area contributed by atoms with Crippen LogP contribution in [-0.4, -0.2) is 79.9 Å². The summed E-state index contributed by atoms with van der Waals surface area (Å²) in [5.41, 5.74) is 6.19. The van der Waals surface area contributed by atoms with Gasteiger partial charge in [-0.05, 0) is 186 Å². The number of esters is 6. The van der Waals surface area contributed by atoms with Crippen molar-refractivity contribution in [3.8, 4) is 23.0 Å². The van der Waals surface area contributed by atoms with E-state index in [9.17, 15) is 33.6 Å². The van der Waals surface area contributed by atoms with Gasteiger partial charge in [-0.15, -0.1) is 11.3 Å². The lowest BCUT2D eigenvalue weighted by Gasteiger charge is -2.14. The maximum atomic E-state index is 11.4. The molecule has 1 amide bonds. The molecule has 0 fully saturated rings. The van der Waals surface area contributed by atoms with Crippen molar-refractivity contribution >= 4 is 162 Å². The molecule has 592 valence electrons. The molecule has 0 atom stereocenters. The van der Waals surface area contributed by atoms with Crippen molar-refractivity contribution in [1.82, 2.24) is 24.9 Å². The Morgan fingerprint density at radius 2 is 1.03 bits per heavy atom. The van der Waals surface area contributed by atoms with Gasteiger partial charge in [-0.2, -0.15) is 0 Å². The van der Waals surface area contributed by atoms with Crippen LogP contribution in [0.4, 0.5) is 5.82 Å². The first-order valence-electron chi connectivity index (χ1n) is 37.7. The summed E-state index contributed by atoms with van der Waals surface area (Å²) in [7, 11) is 0. The number of imidazole rings is 1. The van der Waals surface area contributed by atoms with Crippen LogP contribution in [0.3, 0.4) is 0 Å². The van der Waals surface area contributed by atoms with Gasteiger partial charge in [0.2, 0.25) is 5.91 Å². The van der Waals surface area contributed by atoms with E-state index in [1.54, 1.807) is 42.5 Å². The number of benzene rings is 12. The molecule has 4 aromatic heterocycles. The van der Waals surface area contributed by atoms with E-state index >= 15 is 0 Å². The molecule has 119 heavy (non-hydrogen) atoms. The summed E-state index contributed by atoms with van der Waals surface area (Å²) in [5, 5.41) is 22.2. The molecule has 0 saturated heterocycles. The first-order chi connectivity index (χ1) is 57.9. The zero-order chi connectivity index (χ0) is 84.0. The minimum absolute atomic E-state index is 0.320. The smallest absolute Gasteiger partial charge is 0.338 e. The Labute approximate surface area is 690 Å². The third-order valence-corrected chi connectivity index (χ3v) is 19.2. The number of thiophene rings is 1. The van der Waals surface area contributed by atoms with Crippen LogP contribution in [0.2, 0.25) is 0 Å². The SMILES string of the molecule is C=C(C)C(=O)Oc1cccc2ccccc12.C=CC(=O)Nc1ncnc2nc[nH]c12.C=CC(=O)OCCCCc1cc2cccc3ccc4cccc1c4c32.C=CC(=O)OCCc1cc2ccccc2cn1.C=CC(=O)Oc1ccc2c(c1)CC=C2.C=CC(=O)Oc1ccc2ccsc2c1.C=CC(=O)Oc1cccc2c1ccc1ccccc12. The van der Waals surface area contributed by atoms with Crippen molar-refractivity contribution in [3.05, 3.63) is 365 Å². The molecule has 0 radical (unpaired) electrons. The van der Waals surface area contributed by atoms with Crippen LogP contribution in [0.1, 0.15) is 42.1 Å². The van der Waals surface area contributed by atoms with Gasteiger partial charge in [-0.1, -0.05) is 222 Å². The van der Waals surface area contributed by atoms with Gasteiger partial charge < -0.3 is 38.7 Å².